The smallest absolute Gasteiger partial charge is 0.251 e. The van der Waals surface area contributed by atoms with Gasteiger partial charge in [-0.05, 0) is 37.5 Å². The summed E-state index contributed by atoms with van der Waals surface area (Å²) < 4.78 is 16.4. The number of ether oxygens (including phenoxy) is 3. The Bertz CT molecular complexity index is 484. The van der Waals surface area contributed by atoms with E-state index < -0.39 is 0 Å². The Morgan fingerprint density at radius 1 is 1.45 bits per heavy atom. The third kappa shape index (κ3) is 4.71. The van der Waals surface area contributed by atoms with E-state index in [4.69, 9.17) is 14.2 Å². The van der Waals surface area contributed by atoms with E-state index in [0.717, 1.165) is 37.2 Å². The van der Waals surface area contributed by atoms with Gasteiger partial charge in [-0.2, -0.15) is 0 Å². The molecular formula is C17H25NO4. The molecule has 0 bridgehead atoms. The summed E-state index contributed by atoms with van der Waals surface area (Å²) in [7, 11) is 1.62. The van der Waals surface area contributed by atoms with E-state index in [9.17, 15) is 4.79 Å². The molecule has 22 heavy (non-hydrogen) atoms. The minimum atomic E-state index is -0.0881. The number of carbonyl (C=O) groups is 1. The fourth-order valence-electron chi connectivity index (χ4n) is 2.47. The first-order valence-electron chi connectivity index (χ1n) is 7.89. The van der Waals surface area contributed by atoms with Gasteiger partial charge in [0.15, 0.2) is 0 Å². The van der Waals surface area contributed by atoms with Crippen molar-refractivity contribution < 1.29 is 19.0 Å². The summed E-state index contributed by atoms with van der Waals surface area (Å²) >= 11 is 0. The number of nitrogens with one attached hydrogen (secondary N) is 1. The van der Waals surface area contributed by atoms with Gasteiger partial charge < -0.3 is 19.5 Å². The SMILES string of the molecule is CCCOCc1cc(C(=O)NCC2CCCO2)ccc1OC. The summed E-state index contributed by atoms with van der Waals surface area (Å²) in [6.45, 7) is 4.56. The first-order chi connectivity index (χ1) is 10.7. The molecule has 0 aromatic heterocycles. The van der Waals surface area contributed by atoms with Crippen LogP contribution in [-0.4, -0.2) is 38.9 Å². The molecular weight excluding hydrogens is 282 g/mol. The highest BCUT2D eigenvalue weighted by Crippen LogP contribution is 2.21. The summed E-state index contributed by atoms with van der Waals surface area (Å²) in [5.41, 5.74) is 1.51. The van der Waals surface area contributed by atoms with Crippen molar-refractivity contribution in [2.45, 2.75) is 38.9 Å². The Morgan fingerprint density at radius 3 is 3.00 bits per heavy atom. The zero-order valence-corrected chi connectivity index (χ0v) is 13.4. The summed E-state index contributed by atoms with van der Waals surface area (Å²) in [6, 6.07) is 5.41. The van der Waals surface area contributed by atoms with E-state index >= 15 is 0 Å². The lowest BCUT2D eigenvalue weighted by Crippen LogP contribution is -2.31. The van der Waals surface area contributed by atoms with Crippen LogP contribution in [0.2, 0.25) is 0 Å². The molecule has 1 N–H and O–H groups in total. The van der Waals surface area contributed by atoms with Gasteiger partial charge in [0.05, 0.1) is 19.8 Å². The molecule has 5 heteroatoms. The first-order valence-corrected chi connectivity index (χ1v) is 7.89. The number of amides is 1. The summed E-state index contributed by atoms with van der Waals surface area (Å²) in [6.07, 6.45) is 3.19. The van der Waals surface area contributed by atoms with Crippen molar-refractivity contribution in [2.24, 2.45) is 0 Å². The minimum Gasteiger partial charge on any atom is -0.496 e. The van der Waals surface area contributed by atoms with Crippen molar-refractivity contribution in [3.8, 4) is 5.75 Å². The summed E-state index contributed by atoms with van der Waals surface area (Å²) in [4.78, 5) is 12.2. The summed E-state index contributed by atoms with van der Waals surface area (Å²) in [5, 5.41) is 2.93. The monoisotopic (exact) mass is 307 g/mol. The van der Waals surface area contributed by atoms with E-state index in [1.54, 1.807) is 13.2 Å². The Morgan fingerprint density at radius 2 is 2.32 bits per heavy atom. The molecule has 1 aromatic rings. The van der Waals surface area contributed by atoms with E-state index in [0.29, 0.717) is 25.3 Å². The molecule has 1 unspecified atom stereocenters. The topological polar surface area (TPSA) is 56.8 Å². The largest absolute Gasteiger partial charge is 0.496 e. The van der Waals surface area contributed by atoms with Crippen LogP contribution in [0.4, 0.5) is 0 Å². The molecule has 1 aliphatic heterocycles. The molecule has 0 radical (unpaired) electrons. The van der Waals surface area contributed by atoms with Gasteiger partial charge >= 0.3 is 0 Å². The third-order valence-corrected chi connectivity index (χ3v) is 3.66. The molecule has 1 aromatic carbocycles. The molecule has 1 amide bonds. The number of benzene rings is 1. The predicted octanol–water partition coefficient (Wildman–Crippen LogP) is 2.53. The molecule has 1 aliphatic rings. The van der Waals surface area contributed by atoms with Gasteiger partial charge in [-0.15, -0.1) is 0 Å². The number of carbonyl (C=O) groups excluding carboxylic acids is 1. The van der Waals surface area contributed by atoms with Crippen molar-refractivity contribution in [2.75, 3.05) is 26.9 Å². The van der Waals surface area contributed by atoms with Crippen LogP contribution >= 0.6 is 0 Å². The average Bonchev–Trinajstić information content (AvgIpc) is 3.06. The zero-order valence-electron chi connectivity index (χ0n) is 13.4. The van der Waals surface area contributed by atoms with Crippen LogP contribution in [0.3, 0.4) is 0 Å². The van der Waals surface area contributed by atoms with Crippen molar-refractivity contribution >= 4 is 5.91 Å². The molecule has 1 atom stereocenters. The Hall–Kier alpha value is -1.59. The van der Waals surface area contributed by atoms with E-state index in [-0.39, 0.29) is 12.0 Å². The normalized spacial score (nSPS) is 17.5. The predicted molar refractivity (Wildman–Crippen MR) is 84.2 cm³/mol. The second-order valence-electron chi connectivity index (χ2n) is 5.42. The van der Waals surface area contributed by atoms with Crippen molar-refractivity contribution in [3.05, 3.63) is 29.3 Å². The number of rotatable bonds is 8. The minimum absolute atomic E-state index is 0.0881. The van der Waals surface area contributed by atoms with E-state index in [1.165, 1.54) is 0 Å². The molecule has 1 saturated heterocycles. The number of hydrogen-bond acceptors (Lipinski definition) is 4. The van der Waals surface area contributed by atoms with E-state index in [1.807, 2.05) is 12.1 Å². The lowest BCUT2D eigenvalue weighted by molar-refractivity contribution is 0.0857. The fourth-order valence-corrected chi connectivity index (χ4v) is 2.47. The van der Waals surface area contributed by atoms with Gasteiger partial charge in [-0.1, -0.05) is 6.92 Å². The Balaban J connectivity index is 1.96. The fraction of sp³-hybridized carbons (Fsp3) is 0.588. The van der Waals surface area contributed by atoms with Gasteiger partial charge in [0.2, 0.25) is 0 Å². The van der Waals surface area contributed by atoms with Gasteiger partial charge in [-0.3, -0.25) is 4.79 Å². The first kappa shape index (κ1) is 16.8. The van der Waals surface area contributed by atoms with Crippen LogP contribution in [0, 0.1) is 0 Å². The maximum Gasteiger partial charge on any atom is 0.251 e. The average molecular weight is 307 g/mol. The molecule has 5 nitrogen and oxygen atoms in total. The highest BCUT2D eigenvalue weighted by Gasteiger charge is 2.17. The van der Waals surface area contributed by atoms with Crippen LogP contribution in [0.5, 0.6) is 5.75 Å². The van der Waals surface area contributed by atoms with Crippen LogP contribution < -0.4 is 10.1 Å². The molecule has 1 fully saturated rings. The quantitative estimate of drug-likeness (QED) is 0.750. The molecule has 0 saturated carbocycles. The molecule has 0 spiro atoms. The van der Waals surface area contributed by atoms with Gasteiger partial charge in [-0.25, -0.2) is 0 Å². The van der Waals surface area contributed by atoms with Gasteiger partial charge in [0.25, 0.3) is 5.91 Å². The second-order valence-corrected chi connectivity index (χ2v) is 5.42. The van der Waals surface area contributed by atoms with E-state index in [2.05, 4.69) is 12.2 Å². The highest BCUT2D eigenvalue weighted by molar-refractivity contribution is 5.94. The maximum atomic E-state index is 12.2. The zero-order chi connectivity index (χ0) is 15.8. The maximum absolute atomic E-state index is 12.2. The Labute approximate surface area is 131 Å². The number of methoxy groups -OCH3 is 1. The summed E-state index contributed by atoms with van der Waals surface area (Å²) in [5.74, 6) is 0.654. The lowest BCUT2D eigenvalue weighted by Gasteiger charge is -2.13. The third-order valence-electron chi connectivity index (χ3n) is 3.66. The molecule has 1 heterocycles. The highest BCUT2D eigenvalue weighted by atomic mass is 16.5. The van der Waals surface area contributed by atoms with Crippen LogP contribution in [0.15, 0.2) is 18.2 Å². The van der Waals surface area contributed by atoms with Crippen LogP contribution in [0.1, 0.15) is 42.1 Å². The van der Waals surface area contributed by atoms with Gasteiger partial charge in [0, 0.05) is 30.9 Å². The van der Waals surface area contributed by atoms with Gasteiger partial charge in [0.1, 0.15) is 5.75 Å². The van der Waals surface area contributed by atoms with Crippen LogP contribution in [0.25, 0.3) is 0 Å². The molecule has 2 rings (SSSR count). The molecule has 122 valence electrons. The standard InChI is InChI=1S/C17H25NO4/c1-3-8-21-12-14-10-13(6-7-16(14)20-2)17(19)18-11-15-5-4-9-22-15/h6-7,10,15H,3-5,8-9,11-12H2,1-2H3,(H,18,19). The number of hydrogen-bond donors (Lipinski definition) is 1. The van der Waals surface area contributed by atoms with Crippen LogP contribution in [-0.2, 0) is 16.1 Å². The van der Waals surface area contributed by atoms with Crippen molar-refractivity contribution in [1.29, 1.82) is 0 Å². The van der Waals surface area contributed by atoms with Crippen molar-refractivity contribution in [3.63, 3.8) is 0 Å². The lowest BCUT2D eigenvalue weighted by atomic mass is 10.1. The molecule has 0 aliphatic carbocycles. The van der Waals surface area contributed by atoms with Crippen molar-refractivity contribution in [1.82, 2.24) is 5.32 Å². The second kappa shape index (κ2) is 8.76. The Kier molecular flexibility index (Phi) is 6.68.